The average molecular weight is 436 g/mol. The molecule has 1 aliphatic rings. The standard InChI is InChI=1S/C16H23N3O6S2.H2O/c1-17-8-10-18(11-9-17)12-19-14-7-5-4-6-13(14)15(24-26(2,20)21)16(19)25-27(3,22)23;/h4-7H,8-12H2,1-3H3;1H2. The van der Waals surface area contributed by atoms with Crippen LogP contribution in [0.3, 0.4) is 0 Å². The SMILES string of the molecule is CN1CCN(Cn2c(OS(C)(=O)=O)c(OS(C)(=O)=O)c3ccccc32)CC1.O. The van der Waals surface area contributed by atoms with E-state index < -0.39 is 20.2 Å². The van der Waals surface area contributed by atoms with Crippen molar-refractivity contribution in [1.82, 2.24) is 14.4 Å². The van der Waals surface area contributed by atoms with Gasteiger partial charge in [-0.15, -0.1) is 0 Å². The fourth-order valence-corrected chi connectivity index (χ4v) is 3.95. The van der Waals surface area contributed by atoms with Crippen LogP contribution in [0.5, 0.6) is 11.6 Å². The maximum Gasteiger partial charge on any atom is 0.307 e. The predicted octanol–water partition coefficient (Wildman–Crippen LogP) is -0.302. The van der Waals surface area contributed by atoms with E-state index >= 15 is 0 Å². The van der Waals surface area contributed by atoms with Gasteiger partial charge in [-0.25, -0.2) is 0 Å². The molecule has 1 aliphatic heterocycles. The zero-order chi connectivity index (χ0) is 19.8. The summed E-state index contributed by atoms with van der Waals surface area (Å²) in [6, 6.07) is 6.96. The van der Waals surface area contributed by atoms with Gasteiger partial charge in [0.1, 0.15) is 0 Å². The molecule has 0 amide bonds. The maximum absolute atomic E-state index is 11.8. The molecule has 0 aliphatic carbocycles. The lowest BCUT2D eigenvalue weighted by atomic mass is 10.2. The predicted molar refractivity (Wildman–Crippen MR) is 106 cm³/mol. The summed E-state index contributed by atoms with van der Waals surface area (Å²) in [5.41, 5.74) is 0.633. The molecular weight excluding hydrogens is 410 g/mol. The van der Waals surface area contributed by atoms with Crippen molar-refractivity contribution < 1.29 is 30.7 Å². The number of hydrogen-bond donors (Lipinski definition) is 0. The van der Waals surface area contributed by atoms with E-state index in [2.05, 4.69) is 9.80 Å². The molecule has 0 unspecified atom stereocenters. The first-order valence-electron chi connectivity index (χ1n) is 8.34. The van der Waals surface area contributed by atoms with Crippen molar-refractivity contribution in [3.05, 3.63) is 24.3 Å². The third-order valence-corrected chi connectivity index (χ3v) is 5.21. The topological polar surface area (TPSA) is 130 Å². The molecular formula is C16H25N3O7S2. The molecule has 0 saturated carbocycles. The van der Waals surface area contributed by atoms with E-state index in [0.29, 0.717) is 17.6 Å². The van der Waals surface area contributed by atoms with E-state index in [9.17, 15) is 16.8 Å². The Morgan fingerprint density at radius 3 is 2.07 bits per heavy atom. The largest absolute Gasteiger partial charge is 0.412 e. The van der Waals surface area contributed by atoms with Crippen LogP contribution in [-0.2, 0) is 26.9 Å². The second kappa shape index (κ2) is 8.25. The molecule has 0 spiro atoms. The average Bonchev–Trinajstić information content (AvgIpc) is 2.81. The van der Waals surface area contributed by atoms with Gasteiger partial charge < -0.3 is 18.7 Å². The Morgan fingerprint density at radius 2 is 1.50 bits per heavy atom. The molecule has 1 fully saturated rings. The van der Waals surface area contributed by atoms with Gasteiger partial charge in [-0.3, -0.25) is 9.47 Å². The van der Waals surface area contributed by atoms with Gasteiger partial charge in [0, 0.05) is 31.6 Å². The van der Waals surface area contributed by atoms with Gasteiger partial charge in [-0.1, -0.05) is 12.1 Å². The number of nitrogens with zero attached hydrogens (tertiary/aromatic N) is 3. The fraction of sp³-hybridized carbons (Fsp3) is 0.500. The van der Waals surface area contributed by atoms with Crippen molar-refractivity contribution in [2.75, 3.05) is 45.7 Å². The summed E-state index contributed by atoms with van der Waals surface area (Å²) in [6.07, 6.45) is 1.82. The highest BCUT2D eigenvalue weighted by Crippen LogP contribution is 2.41. The first kappa shape index (κ1) is 22.4. The van der Waals surface area contributed by atoms with Crippen LogP contribution in [0.1, 0.15) is 0 Å². The molecule has 1 aromatic carbocycles. The molecule has 0 atom stereocenters. The Hall–Kier alpha value is -1.86. The summed E-state index contributed by atoms with van der Waals surface area (Å²) in [5, 5.41) is 0.468. The molecule has 1 saturated heterocycles. The Labute approximate surface area is 164 Å². The van der Waals surface area contributed by atoms with Gasteiger partial charge in [-0.05, 0) is 19.2 Å². The lowest BCUT2D eigenvalue weighted by molar-refractivity contribution is 0.124. The minimum Gasteiger partial charge on any atom is -0.412 e. The van der Waals surface area contributed by atoms with Crippen LogP contribution in [0.4, 0.5) is 0 Å². The van der Waals surface area contributed by atoms with Gasteiger partial charge in [0.2, 0.25) is 5.75 Å². The van der Waals surface area contributed by atoms with Crippen LogP contribution in [0.15, 0.2) is 24.3 Å². The van der Waals surface area contributed by atoms with Gasteiger partial charge in [-0.2, -0.15) is 16.8 Å². The normalized spacial score (nSPS) is 16.7. The molecule has 0 bridgehead atoms. The molecule has 2 heterocycles. The Kier molecular flexibility index (Phi) is 6.61. The van der Waals surface area contributed by atoms with Crippen molar-refractivity contribution in [2.45, 2.75) is 6.67 Å². The van der Waals surface area contributed by atoms with Crippen molar-refractivity contribution >= 4 is 31.1 Å². The number of benzene rings is 1. The minimum absolute atomic E-state index is 0. The summed E-state index contributed by atoms with van der Waals surface area (Å²) in [6.45, 7) is 3.71. The fourth-order valence-electron chi connectivity index (χ4n) is 3.04. The zero-order valence-electron chi connectivity index (χ0n) is 16.0. The van der Waals surface area contributed by atoms with Crippen molar-refractivity contribution in [2.24, 2.45) is 0 Å². The summed E-state index contributed by atoms with van der Waals surface area (Å²) >= 11 is 0. The molecule has 10 nitrogen and oxygen atoms in total. The van der Waals surface area contributed by atoms with E-state index in [-0.39, 0.29) is 17.1 Å². The summed E-state index contributed by atoms with van der Waals surface area (Å²) in [7, 11) is -5.74. The second-order valence-corrected chi connectivity index (χ2v) is 9.87. The Morgan fingerprint density at radius 1 is 0.929 bits per heavy atom. The number of fused-ring (bicyclic) bond motifs is 1. The molecule has 2 aromatic rings. The van der Waals surface area contributed by atoms with E-state index in [4.69, 9.17) is 8.37 Å². The smallest absolute Gasteiger partial charge is 0.307 e. The number of likely N-dealkylation sites (N-methyl/N-ethyl adjacent to an activating group) is 1. The number of rotatable bonds is 6. The Bertz CT molecular complexity index is 1040. The van der Waals surface area contributed by atoms with Crippen LogP contribution in [0.25, 0.3) is 10.9 Å². The first-order chi connectivity index (χ1) is 12.5. The highest BCUT2D eigenvalue weighted by atomic mass is 32.2. The van der Waals surface area contributed by atoms with Crippen LogP contribution in [0, 0.1) is 0 Å². The van der Waals surface area contributed by atoms with Crippen molar-refractivity contribution in [3.63, 3.8) is 0 Å². The quantitative estimate of drug-likeness (QED) is 0.565. The van der Waals surface area contributed by atoms with E-state index in [0.717, 1.165) is 38.7 Å². The molecule has 1 aromatic heterocycles. The lowest BCUT2D eigenvalue weighted by Gasteiger charge is -2.32. The van der Waals surface area contributed by atoms with Crippen molar-refractivity contribution in [1.29, 1.82) is 0 Å². The van der Waals surface area contributed by atoms with Crippen LogP contribution in [-0.4, -0.2) is 82.4 Å². The number of para-hydroxylation sites is 1. The Balaban J connectivity index is 0.00000280. The van der Waals surface area contributed by atoms with Gasteiger partial charge >= 0.3 is 20.2 Å². The first-order valence-corrected chi connectivity index (χ1v) is 12.0. The van der Waals surface area contributed by atoms with Crippen LogP contribution in [0.2, 0.25) is 0 Å². The summed E-state index contributed by atoms with van der Waals surface area (Å²) in [5.74, 6) is -0.254. The van der Waals surface area contributed by atoms with Gasteiger partial charge in [0.25, 0.3) is 5.88 Å². The summed E-state index contributed by atoms with van der Waals surface area (Å²) < 4.78 is 59.1. The number of piperazine rings is 1. The van der Waals surface area contributed by atoms with E-state index in [1.165, 1.54) is 0 Å². The molecule has 0 radical (unpaired) electrons. The van der Waals surface area contributed by atoms with E-state index in [1.807, 2.05) is 7.05 Å². The molecule has 3 rings (SSSR count). The van der Waals surface area contributed by atoms with E-state index in [1.54, 1.807) is 28.8 Å². The number of aromatic nitrogens is 1. The zero-order valence-corrected chi connectivity index (χ0v) is 17.6. The van der Waals surface area contributed by atoms with Crippen molar-refractivity contribution in [3.8, 4) is 11.6 Å². The molecule has 12 heteroatoms. The second-order valence-electron chi connectivity index (χ2n) is 6.72. The maximum atomic E-state index is 11.8. The van der Waals surface area contributed by atoms with Crippen LogP contribution >= 0.6 is 0 Å². The highest BCUT2D eigenvalue weighted by Gasteiger charge is 2.27. The molecule has 28 heavy (non-hydrogen) atoms. The molecule has 2 N–H and O–H groups in total. The van der Waals surface area contributed by atoms with Gasteiger partial charge in [0.15, 0.2) is 0 Å². The monoisotopic (exact) mass is 435 g/mol. The lowest BCUT2D eigenvalue weighted by Crippen LogP contribution is -2.44. The number of hydrogen-bond acceptors (Lipinski definition) is 8. The minimum atomic E-state index is -3.90. The van der Waals surface area contributed by atoms with Crippen LogP contribution < -0.4 is 8.37 Å². The third kappa shape index (κ3) is 5.35. The highest BCUT2D eigenvalue weighted by molar-refractivity contribution is 7.86. The van der Waals surface area contributed by atoms with Gasteiger partial charge in [0.05, 0.1) is 24.7 Å². The third-order valence-electron chi connectivity index (χ3n) is 4.28. The summed E-state index contributed by atoms with van der Waals surface area (Å²) in [4.78, 5) is 4.35. The molecule has 158 valence electrons.